The molecule has 0 bridgehead atoms. The number of hydrogen-bond donors (Lipinski definition) is 2. The predicted molar refractivity (Wildman–Crippen MR) is 64.2 cm³/mol. The van der Waals surface area contributed by atoms with E-state index in [1.54, 1.807) is 32.0 Å². The van der Waals surface area contributed by atoms with E-state index in [-0.39, 0.29) is 11.9 Å². The van der Waals surface area contributed by atoms with Gasteiger partial charge in [0.2, 0.25) is 5.91 Å². The van der Waals surface area contributed by atoms with Gasteiger partial charge in [0, 0.05) is 6.54 Å². The lowest BCUT2D eigenvalue weighted by Gasteiger charge is -2.13. The Morgan fingerprint density at radius 3 is 2.12 bits per heavy atom. The number of nitrogens with zero attached hydrogens (tertiary/aromatic N) is 1. The quantitative estimate of drug-likeness (QED) is 0.531. The summed E-state index contributed by atoms with van der Waals surface area (Å²) in [6.45, 7) is 8.83. The van der Waals surface area contributed by atoms with Crippen LogP contribution in [-0.4, -0.2) is 48.6 Å². The number of amides is 1. The molecule has 2 N–H and O–H groups in total. The lowest BCUT2D eigenvalue weighted by Crippen LogP contribution is -2.32. The van der Waals surface area contributed by atoms with Crippen LogP contribution >= 0.6 is 0 Å². The first kappa shape index (κ1) is 16.8. The molecule has 0 aromatic heterocycles. The molecule has 1 unspecified atom stereocenters. The maximum Gasteiger partial charge on any atom is 0.320 e. The summed E-state index contributed by atoms with van der Waals surface area (Å²) in [6.07, 6.45) is 2.84. The molecule has 0 aliphatic heterocycles. The zero-order valence-corrected chi connectivity index (χ0v) is 10.1. The van der Waals surface area contributed by atoms with Crippen LogP contribution in [0.2, 0.25) is 0 Å². The van der Waals surface area contributed by atoms with Crippen molar-refractivity contribution in [3.05, 3.63) is 25.3 Å². The zero-order chi connectivity index (χ0) is 13.1. The second-order valence-electron chi connectivity index (χ2n) is 3.22. The van der Waals surface area contributed by atoms with Gasteiger partial charge >= 0.3 is 5.97 Å². The molecule has 0 saturated carbocycles. The first-order valence-electron chi connectivity index (χ1n) is 4.77. The lowest BCUT2D eigenvalue weighted by molar-refractivity contribution is -0.141. The summed E-state index contributed by atoms with van der Waals surface area (Å²) >= 11 is 0. The number of likely N-dealkylation sites (N-methyl/N-ethyl adjacent to an activating group) is 1. The van der Waals surface area contributed by atoms with Gasteiger partial charge in [-0.25, -0.2) is 0 Å². The third-order valence-electron chi connectivity index (χ3n) is 1.74. The van der Waals surface area contributed by atoms with Gasteiger partial charge in [-0.05, 0) is 27.1 Å². The van der Waals surface area contributed by atoms with E-state index in [2.05, 4.69) is 18.5 Å². The Morgan fingerprint density at radius 2 is 1.94 bits per heavy atom. The van der Waals surface area contributed by atoms with Crippen molar-refractivity contribution in [1.82, 2.24) is 10.2 Å². The maximum atomic E-state index is 10.3. The monoisotopic (exact) mass is 228 g/mol. The van der Waals surface area contributed by atoms with Gasteiger partial charge in [-0.15, -0.1) is 6.58 Å². The average molecular weight is 228 g/mol. The minimum absolute atomic E-state index is 0.162. The van der Waals surface area contributed by atoms with Crippen LogP contribution in [0.5, 0.6) is 0 Å². The standard InChI is InChI=1S/C6H9NO.C5H11NO2/c1-3-5-7-6(8)4-2;1-4(5(7)8)6(2)3/h3-4H,1-2,5H2,(H,7,8);4H,1-3H3,(H,7,8). The van der Waals surface area contributed by atoms with Gasteiger partial charge in [0.1, 0.15) is 6.04 Å². The Bertz CT molecular complexity index is 250. The molecular weight excluding hydrogens is 208 g/mol. The van der Waals surface area contributed by atoms with Crippen molar-refractivity contribution >= 4 is 11.9 Å². The molecule has 1 amide bonds. The van der Waals surface area contributed by atoms with Crippen LogP contribution in [0.1, 0.15) is 6.92 Å². The zero-order valence-electron chi connectivity index (χ0n) is 10.1. The minimum Gasteiger partial charge on any atom is -0.480 e. The Hall–Kier alpha value is -1.62. The van der Waals surface area contributed by atoms with Gasteiger partial charge in [0.05, 0.1) is 0 Å². The fraction of sp³-hybridized carbons (Fsp3) is 0.455. The third kappa shape index (κ3) is 10.5. The van der Waals surface area contributed by atoms with Crippen molar-refractivity contribution in [2.45, 2.75) is 13.0 Å². The molecule has 0 spiro atoms. The molecule has 5 nitrogen and oxygen atoms in total. The summed E-state index contributed by atoms with van der Waals surface area (Å²) in [6, 6.07) is -0.380. The van der Waals surface area contributed by atoms with Gasteiger partial charge in [0.25, 0.3) is 0 Å². The molecule has 0 heterocycles. The molecule has 0 saturated heterocycles. The number of nitrogens with one attached hydrogen (secondary N) is 1. The SMILES string of the molecule is C=CCNC(=O)C=C.CC(C(=O)O)N(C)C. The number of carbonyl (C=O) groups is 2. The van der Waals surface area contributed by atoms with Gasteiger partial charge in [-0.3, -0.25) is 14.5 Å². The van der Waals surface area contributed by atoms with Gasteiger partial charge in [0.15, 0.2) is 0 Å². The summed E-state index contributed by atoms with van der Waals surface area (Å²) < 4.78 is 0. The van der Waals surface area contributed by atoms with Gasteiger partial charge in [-0.2, -0.15) is 0 Å². The number of carboxylic acids is 1. The smallest absolute Gasteiger partial charge is 0.320 e. The molecule has 0 aromatic carbocycles. The van der Waals surface area contributed by atoms with Crippen LogP contribution in [0.25, 0.3) is 0 Å². The van der Waals surface area contributed by atoms with E-state index in [4.69, 9.17) is 5.11 Å². The summed E-state index contributed by atoms with van der Waals surface area (Å²) in [5.74, 6) is -0.945. The van der Waals surface area contributed by atoms with Crippen molar-refractivity contribution < 1.29 is 14.7 Å². The van der Waals surface area contributed by atoms with Crippen LogP contribution in [0.4, 0.5) is 0 Å². The highest BCUT2D eigenvalue weighted by molar-refractivity contribution is 5.86. The van der Waals surface area contributed by atoms with Crippen molar-refractivity contribution in [1.29, 1.82) is 0 Å². The van der Waals surface area contributed by atoms with E-state index < -0.39 is 5.97 Å². The summed E-state index contributed by atoms with van der Waals surface area (Å²) in [7, 11) is 3.47. The summed E-state index contributed by atoms with van der Waals surface area (Å²) in [5, 5.41) is 10.8. The fourth-order valence-corrected chi connectivity index (χ4v) is 0.466. The van der Waals surface area contributed by atoms with Crippen LogP contribution < -0.4 is 5.32 Å². The Kier molecular flexibility index (Phi) is 10.4. The Balaban J connectivity index is 0. The van der Waals surface area contributed by atoms with Crippen molar-refractivity contribution in [2.75, 3.05) is 20.6 Å². The number of rotatable bonds is 5. The van der Waals surface area contributed by atoms with E-state index >= 15 is 0 Å². The lowest BCUT2D eigenvalue weighted by atomic mass is 10.3. The van der Waals surface area contributed by atoms with Crippen LogP contribution in [0.3, 0.4) is 0 Å². The van der Waals surface area contributed by atoms with E-state index in [0.29, 0.717) is 6.54 Å². The third-order valence-corrected chi connectivity index (χ3v) is 1.74. The van der Waals surface area contributed by atoms with E-state index in [1.165, 1.54) is 6.08 Å². The summed E-state index contributed by atoms with van der Waals surface area (Å²) in [5.41, 5.74) is 0. The molecule has 92 valence electrons. The minimum atomic E-state index is -0.782. The van der Waals surface area contributed by atoms with Gasteiger partial charge < -0.3 is 10.4 Å². The first-order valence-corrected chi connectivity index (χ1v) is 4.77. The first-order chi connectivity index (χ1) is 7.36. The molecule has 0 aliphatic rings. The Labute approximate surface area is 96.4 Å². The second kappa shape index (κ2) is 9.92. The van der Waals surface area contributed by atoms with E-state index in [0.717, 1.165) is 0 Å². The topological polar surface area (TPSA) is 69.6 Å². The average Bonchev–Trinajstić information content (AvgIpc) is 2.25. The van der Waals surface area contributed by atoms with Crippen LogP contribution in [-0.2, 0) is 9.59 Å². The molecular formula is C11H20N2O3. The molecule has 1 atom stereocenters. The molecule has 5 heteroatoms. The number of hydrogen-bond acceptors (Lipinski definition) is 3. The second-order valence-corrected chi connectivity index (χ2v) is 3.22. The highest BCUT2D eigenvalue weighted by atomic mass is 16.4. The van der Waals surface area contributed by atoms with Crippen molar-refractivity contribution in [3.8, 4) is 0 Å². The van der Waals surface area contributed by atoms with Gasteiger partial charge in [-0.1, -0.05) is 12.7 Å². The summed E-state index contributed by atoms with van der Waals surface area (Å²) in [4.78, 5) is 22.0. The highest BCUT2D eigenvalue weighted by Crippen LogP contribution is 1.88. The van der Waals surface area contributed by atoms with Crippen molar-refractivity contribution in [3.63, 3.8) is 0 Å². The van der Waals surface area contributed by atoms with E-state index in [9.17, 15) is 9.59 Å². The number of aliphatic carboxylic acids is 1. The predicted octanol–water partition coefficient (Wildman–Crippen LogP) is 0.496. The molecule has 0 fully saturated rings. The van der Waals surface area contributed by atoms with Crippen LogP contribution in [0, 0.1) is 0 Å². The normalized spacial score (nSPS) is 10.8. The largest absolute Gasteiger partial charge is 0.480 e. The fourth-order valence-electron chi connectivity index (χ4n) is 0.466. The van der Waals surface area contributed by atoms with Crippen LogP contribution in [0.15, 0.2) is 25.3 Å². The number of carbonyl (C=O) groups excluding carboxylic acids is 1. The molecule has 16 heavy (non-hydrogen) atoms. The van der Waals surface area contributed by atoms with E-state index in [1.807, 2.05) is 0 Å². The maximum absolute atomic E-state index is 10.3. The molecule has 0 aliphatic carbocycles. The molecule has 0 aromatic rings. The van der Waals surface area contributed by atoms with Crippen molar-refractivity contribution in [2.24, 2.45) is 0 Å². The molecule has 0 rings (SSSR count). The highest BCUT2D eigenvalue weighted by Gasteiger charge is 2.11. The number of carboxylic acid groups (broad SMARTS) is 1. The molecule has 0 radical (unpaired) electrons. The Morgan fingerprint density at radius 1 is 1.44 bits per heavy atom.